The standard InChI is InChI=1S/C22H23N9O/c1-16-12-21(31(28-16)18-7-3-2-4-8-18)25-22(32)17-6-5-11-29(13-17)19-9-10-20(27-26-19)30-15-23-14-24-30/h2-4,7-10,12,14-15,17H,5-6,11,13H2,1H3,(H,25,32)/t17-/m1/s1. The molecule has 1 aliphatic heterocycles. The lowest BCUT2D eigenvalue weighted by Crippen LogP contribution is -2.41. The van der Waals surface area contributed by atoms with Gasteiger partial charge in [-0.05, 0) is 44.0 Å². The Bertz CT molecular complexity index is 1190. The Morgan fingerprint density at radius 1 is 1.09 bits per heavy atom. The number of benzene rings is 1. The van der Waals surface area contributed by atoms with E-state index in [9.17, 15) is 4.79 Å². The van der Waals surface area contributed by atoms with Gasteiger partial charge in [0.2, 0.25) is 5.91 Å². The maximum atomic E-state index is 13.1. The maximum Gasteiger partial charge on any atom is 0.230 e. The van der Waals surface area contributed by atoms with Crippen LogP contribution < -0.4 is 10.2 Å². The Morgan fingerprint density at radius 3 is 2.66 bits per heavy atom. The molecule has 1 fully saturated rings. The number of carbonyl (C=O) groups is 1. The lowest BCUT2D eigenvalue weighted by molar-refractivity contribution is -0.120. The Labute approximate surface area is 184 Å². The molecular formula is C22H23N9O. The monoisotopic (exact) mass is 429 g/mol. The molecule has 4 heterocycles. The van der Waals surface area contributed by atoms with Gasteiger partial charge in [0.25, 0.3) is 0 Å². The molecule has 4 aromatic rings. The Hall–Kier alpha value is -4.08. The van der Waals surface area contributed by atoms with Crippen molar-refractivity contribution in [3.05, 3.63) is 66.9 Å². The molecular weight excluding hydrogens is 406 g/mol. The number of aromatic nitrogens is 7. The van der Waals surface area contributed by atoms with Gasteiger partial charge in [0.15, 0.2) is 11.6 Å². The van der Waals surface area contributed by atoms with Crippen molar-refractivity contribution in [2.24, 2.45) is 5.92 Å². The van der Waals surface area contributed by atoms with Crippen LogP contribution in [0, 0.1) is 12.8 Å². The third kappa shape index (κ3) is 4.07. The lowest BCUT2D eigenvalue weighted by Gasteiger charge is -2.32. The molecule has 0 bridgehead atoms. The van der Waals surface area contributed by atoms with Crippen molar-refractivity contribution in [3.63, 3.8) is 0 Å². The summed E-state index contributed by atoms with van der Waals surface area (Å²) in [5.41, 5.74) is 1.75. The first-order valence-electron chi connectivity index (χ1n) is 10.5. The van der Waals surface area contributed by atoms with E-state index in [-0.39, 0.29) is 11.8 Å². The van der Waals surface area contributed by atoms with Gasteiger partial charge in [0.1, 0.15) is 18.5 Å². The van der Waals surface area contributed by atoms with E-state index in [4.69, 9.17) is 0 Å². The quantitative estimate of drug-likeness (QED) is 0.519. The van der Waals surface area contributed by atoms with E-state index in [1.54, 1.807) is 15.7 Å². The molecule has 162 valence electrons. The van der Waals surface area contributed by atoms with Crippen molar-refractivity contribution in [3.8, 4) is 11.5 Å². The van der Waals surface area contributed by atoms with Gasteiger partial charge in [-0.2, -0.15) is 10.2 Å². The van der Waals surface area contributed by atoms with Crippen LogP contribution in [0.5, 0.6) is 0 Å². The fourth-order valence-corrected chi connectivity index (χ4v) is 3.92. The second kappa shape index (κ2) is 8.58. The molecule has 10 heteroatoms. The molecule has 1 aromatic carbocycles. The van der Waals surface area contributed by atoms with Crippen LogP contribution in [0.1, 0.15) is 18.5 Å². The first kappa shape index (κ1) is 19.9. The fourth-order valence-electron chi connectivity index (χ4n) is 3.92. The van der Waals surface area contributed by atoms with Crippen molar-refractivity contribution in [2.75, 3.05) is 23.3 Å². The number of nitrogens with one attached hydrogen (secondary N) is 1. The highest BCUT2D eigenvalue weighted by Gasteiger charge is 2.27. The van der Waals surface area contributed by atoms with E-state index in [1.807, 2.05) is 55.5 Å². The van der Waals surface area contributed by atoms with Gasteiger partial charge in [0.05, 0.1) is 17.3 Å². The second-order valence-electron chi connectivity index (χ2n) is 7.78. The Balaban J connectivity index is 1.29. The number of hydrogen-bond donors (Lipinski definition) is 1. The summed E-state index contributed by atoms with van der Waals surface area (Å²) in [6.45, 7) is 3.34. The first-order chi connectivity index (χ1) is 15.7. The lowest BCUT2D eigenvalue weighted by atomic mass is 9.97. The maximum absolute atomic E-state index is 13.1. The first-order valence-corrected chi connectivity index (χ1v) is 10.5. The number of aryl methyl sites for hydroxylation is 1. The number of para-hydroxylation sites is 1. The van der Waals surface area contributed by atoms with Crippen LogP contribution in [-0.4, -0.2) is 53.7 Å². The van der Waals surface area contributed by atoms with Gasteiger partial charge in [-0.25, -0.2) is 14.3 Å². The number of carbonyl (C=O) groups excluding carboxylic acids is 1. The summed E-state index contributed by atoms with van der Waals surface area (Å²) in [6, 6.07) is 15.4. The summed E-state index contributed by atoms with van der Waals surface area (Å²) in [6.07, 6.45) is 4.76. The number of piperidine rings is 1. The largest absolute Gasteiger partial charge is 0.354 e. The average molecular weight is 429 g/mol. The molecule has 0 aliphatic carbocycles. The van der Waals surface area contributed by atoms with E-state index in [0.29, 0.717) is 18.2 Å². The van der Waals surface area contributed by atoms with E-state index in [2.05, 4.69) is 35.6 Å². The second-order valence-corrected chi connectivity index (χ2v) is 7.78. The molecule has 1 amide bonds. The molecule has 1 atom stereocenters. The highest BCUT2D eigenvalue weighted by atomic mass is 16.2. The van der Waals surface area contributed by atoms with Crippen LogP contribution in [0.3, 0.4) is 0 Å². The van der Waals surface area contributed by atoms with Crippen molar-refractivity contribution < 1.29 is 4.79 Å². The van der Waals surface area contributed by atoms with Crippen LogP contribution in [-0.2, 0) is 4.79 Å². The van der Waals surface area contributed by atoms with Gasteiger partial charge >= 0.3 is 0 Å². The Kier molecular flexibility index (Phi) is 5.32. The van der Waals surface area contributed by atoms with Gasteiger partial charge in [0, 0.05) is 19.2 Å². The summed E-state index contributed by atoms with van der Waals surface area (Å²) in [5.74, 6) is 1.85. The molecule has 3 aromatic heterocycles. The average Bonchev–Trinajstić information content (AvgIpc) is 3.50. The number of anilines is 2. The molecule has 0 radical (unpaired) electrons. The van der Waals surface area contributed by atoms with Crippen LogP contribution in [0.15, 0.2) is 61.2 Å². The summed E-state index contributed by atoms with van der Waals surface area (Å²) >= 11 is 0. The van der Waals surface area contributed by atoms with Crippen molar-refractivity contribution in [1.29, 1.82) is 0 Å². The highest BCUT2D eigenvalue weighted by molar-refractivity contribution is 5.92. The molecule has 0 unspecified atom stereocenters. The van der Waals surface area contributed by atoms with Crippen molar-refractivity contribution in [2.45, 2.75) is 19.8 Å². The topological polar surface area (TPSA) is 107 Å². The molecule has 1 aliphatic rings. The minimum Gasteiger partial charge on any atom is -0.354 e. The molecule has 1 saturated heterocycles. The van der Waals surface area contributed by atoms with E-state index in [0.717, 1.165) is 36.6 Å². The minimum atomic E-state index is -0.153. The predicted molar refractivity (Wildman–Crippen MR) is 119 cm³/mol. The molecule has 10 nitrogen and oxygen atoms in total. The summed E-state index contributed by atoms with van der Waals surface area (Å²) in [5, 5.41) is 20.2. The zero-order valence-electron chi connectivity index (χ0n) is 17.7. The van der Waals surface area contributed by atoms with Crippen LogP contribution in [0.4, 0.5) is 11.6 Å². The smallest absolute Gasteiger partial charge is 0.230 e. The molecule has 32 heavy (non-hydrogen) atoms. The molecule has 5 rings (SSSR count). The predicted octanol–water partition coefficient (Wildman–Crippen LogP) is 2.41. The third-order valence-electron chi connectivity index (χ3n) is 5.49. The van der Waals surface area contributed by atoms with Gasteiger partial charge in [-0.1, -0.05) is 18.2 Å². The van der Waals surface area contributed by atoms with Crippen LogP contribution in [0.2, 0.25) is 0 Å². The SMILES string of the molecule is Cc1cc(NC(=O)[C@@H]2CCCN(c3ccc(-n4cncn4)nn3)C2)n(-c2ccccc2)n1. The highest BCUT2D eigenvalue weighted by Crippen LogP contribution is 2.24. The van der Waals surface area contributed by atoms with Crippen molar-refractivity contribution in [1.82, 2.24) is 34.7 Å². The Morgan fingerprint density at radius 2 is 1.91 bits per heavy atom. The fraction of sp³-hybridized carbons (Fsp3) is 0.273. The van der Waals surface area contributed by atoms with Crippen LogP contribution >= 0.6 is 0 Å². The van der Waals surface area contributed by atoms with Crippen molar-refractivity contribution >= 4 is 17.5 Å². The normalized spacial score (nSPS) is 16.2. The van der Waals surface area contributed by atoms with E-state index >= 15 is 0 Å². The van der Waals surface area contributed by atoms with Crippen LogP contribution in [0.25, 0.3) is 11.5 Å². The molecule has 1 N–H and O–H groups in total. The summed E-state index contributed by atoms with van der Waals surface area (Å²) < 4.78 is 3.32. The van der Waals surface area contributed by atoms with E-state index < -0.39 is 0 Å². The number of amides is 1. The number of hydrogen-bond acceptors (Lipinski definition) is 7. The van der Waals surface area contributed by atoms with Gasteiger partial charge in [-0.3, -0.25) is 4.79 Å². The summed E-state index contributed by atoms with van der Waals surface area (Å²) in [7, 11) is 0. The minimum absolute atomic E-state index is 0.0148. The van der Waals surface area contributed by atoms with E-state index in [1.165, 1.54) is 6.33 Å². The molecule has 0 spiro atoms. The zero-order chi connectivity index (χ0) is 21.9. The summed E-state index contributed by atoms with van der Waals surface area (Å²) in [4.78, 5) is 19.1. The zero-order valence-corrected chi connectivity index (χ0v) is 17.7. The van der Waals surface area contributed by atoms with Gasteiger partial charge in [-0.15, -0.1) is 10.2 Å². The van der Waals surface area contributed by atoms with Gasteiger partial charge < -0.3 is 10.2 Å². The number of nitrogens with zero attached hydrogens (tertiary/aromatic N) is 8. The third-order valence-corrected chi connectivity index (χ3v) is 5.49. The number of rotatable bonds is 5. The molecule has 0 saturated carbocycles.